The van der Waals surface area contributed by atoms with Crippen molar-refractivity contribution in [2.24, 2.45) is 0 Å². The van der Waals surface area contributed by atoms with Crippen LogP contribution in [0.5, 0.6) is 0 Å². The van der Waals surface area contributed by atoms with Crippen LogP contribution in [-0.2, 0) is 24.8 Å². The van der Waals surface area contributed by atoms with Crippen molar-refractivity contribution in [3.05, 3.63) is 56.3 Å². The SMILES string of the molecule is Cc1cc(C(C)(C)C)cc(C)c1CCNC(=O)N1CCc2sccc2C1. The van der Waals surface area contributed by atoms with Crippen LogP contribution >= 0.6 is 11.3 Å². The molecular formula is C22H30N2OS. The zero-order valence-electron chi connectivity index (χ0n) is 16.6. The highest BCUT2D eigenvalue weighted by molar-refractivity contribution is 7.10. The van der Waals surface area contributed by atoms with Crippen molar-refractivity contribution in [2.75, 3.05) is 13.1 Å². The third-order valence-corrected chi connectivity index (χ3v) is 6.33. The first-order chi connectivity index (χ1) is 12.3. The van der Waals surface area contributed by atoms with E-state index >= 15 is 0 Å². The predicted octanol–water partition coefficient (Wildman–Crippen LogP) is 4.97. The Morgan fingerprint density at radius 2 is 1.92 bits per heavy atom. The van der Waals surface area contributed by atoms with Crippen molar-refractivity contribution in [3.63, 3.8) is 0 Å². The standard InChI is InChI=1S/C22H30N2OS/c1-15-12-18(22(3,4)5)13-16(2)19(15)6-9-23-21(25)24-10-7-20-17(14-24)8-11-26-20/h8,11-13H,6-7,9-10,14H2,1-5H3,(H,23,25). The lowest BCUT2D eigenvalue weighted by Gasteiger charge is -2.27. The number of rotatable bonds is 3. The summed E-state index contributed by atoms with van der Waals surface area (Å²) >= 11 is 1.80. The lowest BCUT2D eigenvalue weighted by Crippen LogP contribution is -2.43. The zero-order valence-corrected chi connectivity index (χ0v) is 17.4. The maximum Gasteiger partial charge on any atom is 0.317 e. The molecule has 0 atom stereocenters. The van der Waals surface area contributed by atoms with E-state index in [1.165, 1.54) is 32.7 Å². The predicted molar refractivity (Wildman–Crippen MR) is 110 cm³/mol. The summed E-state index contributed by atoms with van der Waals surface area (Å²) < 4.78 is 0. The van der Waals surface area contributed by atoms with Crippen molar-refractivity contribution < 1.29 is 4.79 Å². The Hall–Kier alpha value is -1.81. The van der Waals surface area contributed by atoms with Gasteiger partial charge in [-0.2, -0.15) is 0 Å². The third-order valence-electron chi connectivity index (χ3n) is 5.31. The first-order valence-corrected chi connectivity index (χ1v) is 10.3. The van der Waals surface area contributed by atoms with Gasteiger partial charge in [-0.3, -0.25) is 0 Å². The van der Waals surface area contributed by atoms with Crippen LogP contribution in [0, 0.1) is 13.8 Å². The number of urea groups is 1. The lowest BCUT2D eigenvalue weighted by molar-refractivity contribution is 0.193. The van der Waals surface area contributed by atoms with E-state index in [4.69, 9.17) is 0 Å². The molecule has 0 saturated heterocycles. The van der Waals surface area contributed by atoms with E-state index in [2.05, 4.69) is 63.5 Å². The molecule has 0 bridgehead atoms. The Labute approximate surface area is 161 Å². The Bertz CT molecular complexity index is 778. The van der Waals surface area contributed by atoms with E-state index in [-0.39, 0.29) is 11.4 Å². The topological polar surface area (TPSA) is 32.3 Å². The molecule has 4 heteroatoms. The van der Waals surface area contributed by atoms with Crippen LogP contribution in [0.15, 0.2) is 23.6 Å². The second kappa shape index (κ2) is 7.43. The minimum atomic E-state index is 0.0588. The molecule has 1 aromatic carbocycles. The van der Waals surface area contributed by atoms with Gasteiger partial charge in [-0.25, -0.2) is 4.79 Å². The van der Waals surface area contributed by atoms with Crippen LogP contribution in [-0.4, -0.2) is 24.0 Å². The highest BCUT2D eigenvalue weighted by Gasteiger charge is 2.21. The van der Waals surface area contributed by atoms with E-state index in [1.54, 1.807) is 11.3 Å². The van der Waals surface area contributed by atoms with Gasteiger partial charge in [0.2, 0.25) is 0 Å². The largest absolute Gasteiger partial charge is 0.338 e. The van der Waals surface area contributed by atoms with E-state index in [1.807, 2.05) is 4.90 Å². The minimum absolute atomic E-state index is 0.0588. The van der Waals surface area contributed by atoms with Crippen LogP contribution in [0.25, 0.3) is 0 Å². The lowest BCUT2D eigenvalue weighted by atomic mass is 9.83. The summed E-state index contributed by atoms with van der Waals surface area (Å²) in [6, 6.07) is 6.80. The molecule has 1 aliphatic heterocycles. The summed E-state index contributed by atoms with van der Waals surface area (Å²) in [6.07, 6.45) is 1.86. The van der Waals surface area contributed by atoms with Gasteiger partial charge in [0.1, 0.15) is 0 Å². The number of thiophene rings is 1. The molecular weight excluding hydrogens is 340 g/mol. The van der Waals surface area contributed by atoms with Gasteiger partial charge >= 0.3 is 6.03 Å². The quantitative estimate of drug-likeness (QED) is 0.812. The fraction of sp³-hybridized carbons (Fsp3) is 0.500. The fourth-order valence-corrected chi connectivity index (χ4v) is 4.54. The van der Waals surface area contributed by atoms with Crippen molar-refractivity contribution >= 4 is 17.4 Å². The molecule has 0 unspecified atom stereocenters. The van der Waals surface area contributed by atoms with Gasteiger partial charge in [-0.1, -0.05) is 32.9 Å². The fourth-order valence-electron chi connectivity index (χ4n) is 3.65. The number of hydrogen-bond acceptors (Lipinski definition) is 2. The van der Waals surface area contributed by atoms with Crippen LogP contribution in [0.2, 0.25) is 0 Å². The van der Waals surface area contributed by atoms with Crippen LogP contribution < -0.4 is 5.32 Å². The molecule has 2 heterocycles. The van der Waals surface area contributed by atoms with Crippen LogP contribution in [0.1, 0.15) is 53.5 Å². The molecule has 1 aromatic heterocycles. The first-order valence-electron chi connectivity index (χ1n) is 9.44. The number of nitrogens with zero attached hydrogens (tertiary/aromatic N) is 1. The van der Waals surface area contributed by atoms with Crippen molar-refractivity contribution in [1.29, 1.82) is 0 Å². The van der Waals surface area contributed by atoms with Crippen LogP contribution in [0.3, 0.4) is 0 Å². The summed E-state index contributed by atoms with van der Waals surface area (Å²) in [5.41, 5.74) is 6.85. The molecule has 3 rings (SSSR count). The van der Waals surface area contributed by atoms with Crippen LogP contribution in [0.4, 0.5) is 4.79 Å². The summed E-state index contributed by atoms with van der Waals surface area (Å²) in [7, 11) is 0. The Balaban J connectivity index is 1.57. The molecule has 2 aromatic rings. The summed E-state index contributed by atoms with van der Waals surface area (Å²) in [6.45, 7) is 13.4. The van der Waals surface area contributed by atoms with E-state index in [0.29, 0.717) is 6.54 Å². The maximum absolute atomic E-state index is 12.5. The molecule has 26 heavy (non-hydrogen) atoms. The number of carbonyl (C=O) groups is 1. The molecule has 0 fully saturated rings. The summed E-state index contributed by atoms with van der Waals surface area (Å²) in [5.74, 6) is 0. The second-order valence-electron chi connectivity index (χ2n) is 8.36. The molecule has 1 N–H and O–H groups in total. The van der Waals surface area contributed by atoms with Crippen molar-refractivity contribution in [3.8, 4) is 0 Å². The molecule has 140 valence electrons. The van der Waals surface area contributed by atoms with E-state index < -0.39 is 0 Å². The van der Waals surface area contributed by atoms with E-state index in [9.17, 15) is 4.79 Å². The molecule has 2 amide bonds. The van der Waals surface area contributed by atoms with Gasteiger partial charge in [0.05, 0.1) is 0 Å². The number of carbonyl (C=O) groups excluding carboxylic acids is 1. The Morgan fingerprint density at radius 3 is 2.58 bits per heavy atom. The molecule has 0 aliphatic carbocycles. The van der Waals surface area contributed by atoms with Gasteiger partial charge in [0, 0.05) is 24.5 Å². The number of benzene rings is 1. The van der Waals surface area contributed by atoms with Gasteiger partial charge in [-0.05, 0) is 71.4 Å². The summed E-state index contributed by atoms with van der Waals surface area (Å²) in [4.78, 5) is 15.9. The average molecular weight is 371 g/mol. The number of hydrogen-bond donors (Lipinski definition) is 1. The Morgan fingerprint density at radius 1 is 1.23 bits per heavy atom. The zero-order chi connectivity index (χ0) is 18.9. The number of fused-ring (bicyclic) bond motifs is 1. The highest BCUT2D eigenvalue weighted by atomic mass is 32.1. The van der Waals surface area contributed by atoms with Gasteiger partial charge in [0.15, 0.2) is 0 Å². The molecule has 0 radical (unpaired) electrons. The number of amides is 2. The van der Waals surface area contributed by atoms with Gasteiger partial charge in [0.25, 0.3) is 0 Å². The van der Waals surface area contributed by atoms with Crippen molar-refractivity contribution in [1.82, 2.24) is 10.2 Å². The molecule has 0 spiro atoms. The minimum Gasteiger partial charge on any atom is -0.338 e. The third kappa shape index (κ3) is 4.12. The first kappa shape index (κ1) is 19.0. The molecule has 1 aliphatic rings. The smallest absolute Gasteiger partial charge is 0.317 e. The molecule has 0 saturated carbocycles. The van der Waals surface area contributed by atoms with Gasteiger partial charge < -0.3 is 10.2 Å². The maximum atomic E-state index is 12.5. The van der Waals surface area contributed by atoms with E-state index in [0.717, 1.165) is 25.9 Å². The average Bonchev–Trinajstić information content (AvgIpc) is 3.03. The number of aryl methyl sites for hydroxylation is 2. The van der Waals surface area contributed by atoms with Crippen molar-refractivity contribution in [2.45, 2.75) is 59.4 Å². The number of nitrogens with one attached hydrogen (secondary N) is 1. The highest BCUT2D eigenvalue weighted by Crippen LogP contribution is 2.27. The second-order valence-corrected chi connectivity index (χ2v) is 9.36. The monoisotopic (exact) mass is 370 g/mol. The normalized spacial score (nSPS) is 14.3. The summed E-state index contributed by atoms with van der Waals surface area (Å²) in [5, 5.41) is 5.24. The Kier molecular flexibility index (Phi) is 5.42. The van der Waals surface area contributed by atoms with Gasteiger partial charge in [-0.15, -0.1) is 11.3 Å². The molecule has 3 nitrogen and oxygen atoms in total.